The number of amides is 9. The molecule has 0 bridgehead atoms. The highest BCUT2D eigenvalue weighted by molar-refractivity contribution is 5.99. The van der Waals surface area contributed by atoms with Gasteiger partial charge in [0.25, 0.3) is 0 Å². The number of hydrogen-bond donors (Lipinski definition) is 10. The van der Waals surface area contributed by atoms with Crippen LogP contribution in [0.3, 0.4) is 0 Å². The Hall–Kier alpha value is -10.4. The molecule has 1 aromatic heterocycles. The van der Waals surface area contributed by atoms with E-state index in [1.807, 2.05) is 137 Å². The van der Waals surface area contributed by atoms with Gasteiger partial charge in [0.2, 0.25) is 53.2 Å². The lowest BCUT2D eigenvalue weighted by atomic mass is 9.78. The summed E-state index contributed by atoms with van der Waals surface area (Å²) in [6.07, 6.45) is 7.42. The maximum atomic E-state index is 16.0. The largest absolute Gasteiger partial charge is 0.497 e. The van der Waals surface area contributed by atoms with Gasteiger partial charge in [-0.1, -0.05) is 145 Å². The van der Waals surface area contributed by atoms with E-state index in [4.69, 9.17) is 9.47 Å². The molecular weight excluding hydrogens is 1490 g/mol. The minimum atomic E-state index is -1.09. The van der Waals surface area contributed by atoms with Crippen LogP contribution >= 0.6 is 0 Å². The highest BCUT2D eigenvalue weighted by atomic mass is 16.5. The molecule has 3 fully saturated rings. The molecule has 16 rings (SSSR count). The average molecular weight is 1600 g/mol. The monoisotopic (exact) mass is 1600 g/mol. The number of ether oxygens (including phenoxy) is 2. The van der Waals surface area contributed by atoms with Crippen LogP contribution in [-0.2, 0) is 81.7 Å². The standard InChI is InChI=1S/C94H115N13O11/c1-50(95-10)83(108)100-72-42-59-40-60(117-11)38-39-63(59)74-45-92(4,5)81(105(74)90(72)115)87(112)103-77-57(34-32-54-23-14-17-27-64(54)77)48-96-51(2)84(109)101-71-41-56-36-37-61(118-12)43-67(56)75-46-93(6,7)82(106(75)89(71)114)88(113)104-78-58(35-33-55-24-15-18-28-65(55)78)49-97-52(3)85(110)102-73-44-68-66-29-19-20-30-70(66)98-79(68)76-47-94(8,9)80(107(76)91(73)116)86(111)99-69-31-21-25-53-22-13-16-26-62(53)69/h13-20,22-24,26-30,36-40,43,50-52,57-58,69,71-78,80-82,95-98H,21,25,31-35,41-42,44-49H2,1-12H3,(H,99,111)(H,100,108)(H,101,109)(H,102,110)(H,103,112)(H,104,113)/t50-,51-,52-,57?,58?,69?,71-,72-,73-,74+,75+,76+,77?,78?,80?,81?,82?/m0/s1. The van der Waals surface area contributed by atoms with Gasteiger partial charge in [0.15, 0.2) is 0 Å². The Morgan fingerprint density at radius 2 is 0.881 bits per heavy atom. The number of nitrogens with one attached hydrogen (secondary N) is 10. The first kappa shape index (κ1) is 81.3. The molecule has 7 heterocycles. The van der Waals surface area contributed by atoms with Crippen LogP contribution in [0.15, 0.2) is 133 Å². The van der Waals surface area contributed by atoms with Gasteiger partial charge in [-0.15, -0.1) is 0 Å². The van der Waals surface area contributed by atoms with Gasteiger partial charge in [-0.3, -0.25) is 43.2 Å². The number of fused-ring (bicyclic) bond motifs is 14. The van der Waals surface area contributed by atoms with Crippen LogP contribution in [0.1, 0.15) is 210 Å². The maximum Gasteiger partial charge on any atom is 0.246 e. The SMILES string of the molecule is CN[C@@H](C)C(=O)N[C@H]1Cc2cc(OC)ccc2[C@H]2CC(C)(C)C(C(=O)NC3c4ccccc4CCC3CN[C@@H](C)C(=O)N[C@H]3Cc4ccc(OC)cc4[C@H]4CC(C)(C)C(C(=O)NC5c6ccccc6CCC5CN[C@@H](C)C(=O)N[C@H]5Cc6c([nH]c7ccccc67)[C@H]6CC(C)(C)C(C(=O)NC7CCCc8ccccc87)N6C5=O)N4C3=O)N2C1=O. The Morgan fingerprint density at radius 1 is 0.441 bits per heavy atom. The molecule has 10 N–H and O–H groups in total. The van der Waals surface area contributed by atoms with Crippen LogP contribution < -0.4 is 57.3 Å². The van der Waals surface area contributed by atoms with E-state index < -0.39 is 113 Å². The Labute approximate surface area is 691 Å². The second-order valence-electron chi connectivity index (χ2n) is 36.9. The van der Waals surface area contributed by atoms with Gasteiger partial charge in [0, 0.05) is 48.9 Å². The number of benzene rings is 6. The van der Waals surface area contributed by atoms with Gasteiger partial charge in [-0.05, 0) is 212 Å². The Morgan fingerprint density at radius 3 is 1.42 bits per heavy atom. The molecule has 6 aliphatic heterocycles. The molecule has 622 valence electrons. The van der Waals surface area contributed by atoms with E-state index in [0.717, 1.165) is 97.9 Å². The van der Waals surface area contributed by atoms with E-state index in [1.54, 1.807) is 56.7 Å². The van der Waals surface area contributed by atoms with Gasteiger partial charge in [0.05, 0.1) is 68.6 Å². The van der Waals surface area contributed by atoms with Crippen LogP contribution in [-0.4, -0.2) is 162 Å². The molecule has 0 spiro atoms. The molecule has 9 aliphatic rings. The number of para-hydroxylation sites is 1. The predicted octanol–water partition coefficient (Wildman–Crippen LogP) is 9.31. The minimum absolute atomic E-state index is 0.144. The molecule has 0 saturated carbocycles. The number of aromatic amines is 1. The Kier molecular flexibility index (Phi) is 22.3. The number of aryl methyl sites for hydroxylation is 3. The van der Waals surface area contributed by atoms with Gasteiger partial charge >= 0.3 is 0 Å². The number of methoxy groups -OCH3 is 2. The molecule has 9 amide bonds. The molecule has 8 unspecified atom stereocenters. The van der Waals surface area contributed by atoms with Crippen LogP contribution in [0.25, 0.3) is 10.9 Å². The maximum absolute atomic E-state index is 16.0. The number of likely N-dealkylation sites (N-methyl/N-ethyl adjacent to an activating group) is 1. The van der Waals surface area contributed by atoms with E-state index >= 15 is 33.6 Å². The summed E-state index contributed by atoms with van der Waals surface area (Å²) in [4.78, 5) is 146. The zero-order valence-corrected chi connectivity index (χ0v) is 70.0. The molecule has 118 heavy (non-hydrogen) atoms. The van der Waals surface area contributed by atoms with E-state index in [2.05, 4.69) is 90.9 Å². The lowest BCUT2D eigenvalue weighted by molar-refractivity contribution is -0.145. The first-order valence-electron chi connectivity index (χ1n) is 42.6. The summed E-state index contributed by atoms with van der Waals surface area (Å²) in [6, 6.07) is 33.1. The van der Waals surface area contributed by atoms with Crippen molar-refractivity contribution in [3.63, 3.8) is 0 Å². The van der Waals surface area contributed by atoms with Crippen molar-refractivity contribution in [2.24, 2.45) is 28.1 Å². The normalized spacial score (nSPS) is 27.5. The summed E-state index contributed by atoms with van der Waals surface area (Å²) >= 11 is 0. The van der Waals surface area contributed by atoms with E-state index in [0.29, 0.717) is 63.1 Å². The van der Waals surface area contributed by atoms with Crippen LogP contribution in [0.2, 0.25) is 0 Å². The Bertz CT molecular complexity index is 5110. The van der Waals surface area contributed by atoms with Gasteiger partial charge in [0.1, 0.15) is 47.8 Å². The van der Waals surface area contributed by atoms with Crippen molar-refractivity contribution in [3.8, 4) is 11.5 Å². The molecule has 3 saturated heterocycles. The number of H-pyrrole nitrogens is 1. The van der Waals surface area contributed by atoms with E-state index in [9.17, 15) is 9.59 Å². The van der Waals surface area contributed by atoms with E-state index in [1.165, 1.54) is 5.56 Å². The second-order valence-corrected chi connectivity index (χ2v) is 36.9. The quantitative estimate of drug-likeness (QED) is 0.0321. The molecular formula is C94H115N13O11. The third-order valence-corrected chi connectivity index (χ3v) is 28.0. The fourth-order valence-electron chi connectivity index (χ4n) is 21.7. The first-order valence-corrected chi connectivity index (χ1v) is 42.6. The van der Waals surface area contributed by atoms with Gasteiger partial charge in [-0.25, -0.2) is 0 Å². The van der Waals surface area contributed by atoms with Crippen molar-refractivity contribution in [2.45, 2.75) is 236 Å². The van der Waals surface area contributed by atoms with Crippen molar-refractivity contribution in [1.29, 1.82) is 0 Å². The lowest BCUT2D eigenvalue weighted by Gasteiger charge is -2.39. The zero-order chi connectivity index (χ0) is 83.1. The number of hydrogen-bond acceptors (Lipinski definition) is 14. The van der Waals surface area contributed by atoms with Crippen LogP contribution in [0.4, 0.5) is 0 Å². The fourth-order valence-corrected chi connectivity index (χ4v) is 21.7. The van der Waals surface area contributed by atoms with Crippen molar-refractivity contribution < 1.29 is 52.6 Å². The third-order valence-electron chi connectivity index (χ3n) is 28.0. The molecule has 24 nitrogen and oxygen atoms in total. The van der Waals surface area contributed by atoms with Crippen molar-refractivity contribution >= 4 is 64.1 Å². The average Bonchev–Trinajstić information content (AvgIpc) is 1.59. The summed E-state index contributed by atoms with van der Waals surface area (Å²) in [6.45, 7) is 18.1. The van der Waals surface area contributed by atoms with Crippen LogP contribution in [0, 0.1) is 28.1 Å². The van der Waals surface area contributed by atoms with Crippen molar-refractivity contribution in [2.75, 3.05) is 34.4 Å². The molecule has 17 atom stereocenters. The molecule has 24 heteroatoms. The summed E-state index contributed by atoms with van der Waals surface area (Å²) in [5.41, 5.74) is 10.4. The molecule has 6 aromatic carbocycles. The summed E-state index contributed by atoms with van der Waals surface area (Å²) in [5.74, 6) is -2.34. The van der Waals surface area contributed by atoms with Gasteiger partial charge in [-0.2, -0.15) is 0 Å². The van der Waals surface area contributed by atoms with E-state index in [-0.39, 0.29) is 78.5 Å². The first-order chi connectivity index (χ1) is 56.5. The second kappa shape index (κ2) is 32.4. The number of carbonyl (C=O) groups is 9. The number of rotatable bonds is 21. The lowest BCUT2D eigenvalue weighted by Crippen LogP contribution is -2.59. The minimum Gasteiger partial charge on any atom is -0.497 e. The third kappa shape index (κ3) is 15.1. The number of carbonyl (C=O) groups excluding carboxylic acids is 9. The smallest absolute Gasteiger partial charge is 0.246 e. The zero-order valence-electron chi connectivity index (χ0n) is 70.0. The highest BCUT2D eigenvalue weighted by Crippen LogP contribution is 2.55. The topological polar surface area (TPSA) is 306 Å². The summed E-state index contributed by atoms with van der Waals surface area (Å²) in [5, 5.41) is 30.8. The fraction of sp³-hybridized carbons (Fsp3) is 0.500. The predicted molar refractivity (Wildman–Crippen MR) is 448 cm³/mol. The summed E-state index contributed by atoms with van der Waals surface area (Å²) in [7, 11) is 4.87. The molecule has 7 aromatic rings. The van der Waals surface area contributed by atoms with Crippen molar-refractivity contribution in [1.82, 2.24) is 67.5 Å². The highest BCUT2D eigenvalue weighted by Gasteiger charge is 2.60. The number of aromatic nitrogens is 1. The van der Waals surface area contributed by atoms with Gasteiger partial charge < -0.3 is 77.0 Å². The summed E-state index contributed by atoms with van der Waals surface area (Å²) < 4.78 is 11.5. The van der Waals surface area contributed by atoms with Crippen molar-refractivity contribution in [3.05, 3.63) is 200 Å². The van der Waals surface area contributed by atoms with Crippen LogP contribution in [0.5, 0.6) is 11.5 Å². The molecule has 0 radical (unpaired) electrons. The Balaban J connectivity index is 0.615. The molecule has 3 aliphatic carbocycles. The number of nitrogens with zero attached hydrogens (tertiary/aromatic N) is 3.